The zero-order valence-electron chi connectivity index (χ0n) is 13.9. The molecule has 2 aliphatic rings. The Morgan fingerprint density at radius 3 is 2.64 bits per heavy atom. The number of nitrogens with one attached hydrogen (secondary N) is 1. The highest BCUT2D eigenvalue weighted by atomic mass is 35.5. The Hall–Kier alpha value is -2.32. The minimum absolute atomic E-state index is 0. The second-order valence-corrected chi connectivity index (χ2v) is 5.81. The number of amides is 1. The van der Waals surface area contributed by atoms with Gasteiger partial charge in [-0.1, -0.05) is 5.21 Å². The summed E-state index contributed by atoms with van der Waals surface area (Å²) in [7, 11) is 0. The zero-order chi connectivity index (χ0) is 16.5. The summed E-state index contributed by atoms with van der Waals surface area (Å²) in [6.45, 7) is 5.93. The van der Waals surface area contributed by atoms with E-state index in [4.69, 9.17) is 9.47 Å². The number of hydrogen-bond donors (Lipinski definition) is 1. The van der Waals surface area contributed by atoms with Gasteiger partial charge in [0.15, 0.2) is 17.2 Å². The number of nitrogens with zero attached hydrogens (tertiary/aromatic N) is 4. The molecule has 1 amide bonds. The van der Waals surface area contributed by atoms with Crippen LogP contribution in [0.15, 0.2) is 18.2 Å². The lowest BCUT2D eigenvalue weighted by molar-refractivity contribution is 0.0729. The molecule has 1 aromatic heterocycles. The van der Waals surface area contributed by atoms with E-state index in [1.54, 1.807) is 4.68 Å². The van der Waals surface area contributed by atoms with Crippen molar-refractivity contribution in [1.82, 2.24) is 25.2 Å². The number of aromatic nitrogens is 3. The number of benzene rings is 1. The molecular formula is C16H20ClN5O3. The molecule has 3 heterocycles. The van der Waals surface area contributed by atoms with Crippen molar-refractivity contribution in [3.8, 4) is 17.2 Å². The predicted molar refractivity (Wildman–Crippen MR) is 93.1 cm³/mol. The SMILES string of the molecule is Cc1c(C(=O)N2CCNCC2)nnn1-c1ccc2c(c1)OCCO2.Cl. The molecule has 8 nitrogen and oxygen atoms in total. The van der Waals surface area contributed by atoms with E-state index >= 15 is 0 Å². The summed E-state index contributed by atoms with van der Waals surface area (Å²) in [6.07, 6.45) is 0. The molecule has 4 rings (SSSR count). The van der Waals surface area contributed by atoms with Gasteiger partial charge in [0.05, 0.1) is 11.4 Å². The minimum Gasteiger partial charge on any atom is -0.486 e. The predicted octanol–water partition coefficient (Wildman–Crippen LogP) is 0.814. The van der Waals surface area contributed by atoms with Crippen LogP contribution in [0.4, 0.5) is 0 Å². The summed E-state index contributed by atoms with van der Waals surface area (Å²) in [5, 5.41) is 11.5. The second kappa shape index (κ2) is 7.28. The first kappa shape index (κ1) is 17.5. The number of carbonyl (C=O) groups is 1. The molecule has 25 heavy (non-hydrogen) atoms. The summed E-state index contributed by atoms with van der Waals surface area (Å²) >= 11 is 0. The fourth-order valence-electron chi connectivity index (χ4n) is 2.95. The van der Waals surface area contributed by atoms with Crippen molar-refractivity contribution in [2.75, 3.05) is 39.4 Å². The van der Waals surface area contributed by atoms with Crippen LogP contribution in [0.25, 0.3) is 5.69 Å². The van der Waals surface area contributed by atoms with Crippen molar-refractivity contribution >= 4 is 18.3 Å². The van der Waals surface area contributed by atoms with Gasteiger partial charge in [-0.3, -0.25) is 4.79 Å². The molecule has 0 unspecified atom stereocenters. The number of fused-ring (bicyclic) bond motifs is 1. The normalized spacial score (nSPS) is 16.3. The Labute approximate surface area is 151 Å². The van der Waals surface area contributed by atoms with E-state index in [0.29, 0.717) is 37.7 Å². The van der Waals surface area contributed by atoms with Crippen LogP contribution < -0.4 is 14.8 Å². The molecule has 9 heteroatoms. The molecule has 0 bridgehead atoms. The number of halogens is 1. The molecule has 1 saturated heterocycles. The number of rotatable bonds is 2. The van der Waals surface area contributed by atoms with Crippen LogP contribution in [-0.4, -0.2) is 65.2 Å². The van der Waals surface area contributed by atoms with Crippen molar-refractivity contribution in [3.63, 3.8) is 0 Å². The van der Waals surface area contributed by atoms with Crippen LogP contribution in [-0.2, 0) is 0 Å². The van der Waals surface area contributed by atoms with Crippen LogP contribution in [0.1, 0.15) is 16.2 Å². The van der Waals surface area contributed by atoms with Crippen LogP contribution >= 0.6 is 12.4 Å². The molecule has 0 atom stereocenters. The number of piperazine rings is 1. The molecule has 0 saturated carbocycles. The third kappa shape index (κ3) is 3.27. The highest BCUT2D eigenvalue weighted by molar-refractivity contribution is 5.93. The fourth-order valence-corrected chi connectivity index (χ4v) is 2.95. The van der Waals surface area contributed by atoms with Crippen LogP contribution in [0.2, 0.25) is 0 Å². The fraction of sp³-hybridized carbons (Fsp3) is 0.438. The van der Waals surface area contributed by atoms with Crippen LogP contribution in [0.3, 0.4) is 0 Å². The van der Waals surface area contributed by atoms with Gasteiger partial charge in [-0.2, -0.15) is 0 Å². The van der Waals surface area contributed by atoms with Gasteiger partial charge in [0.2, 0.25) is 0 Å². The maximum Gasteiger partial charge on any atom is 0.276 e. The van der Waals surface area contributed by atoms with E-state index in [-0.39, 0.29) is 18.3 Å². The molecule has 2 aromatic rings. The number of ether oxygens (including phenoxy) is 2. The van der Waals surface area contributed by atoms with E-state index < -0.39 is 0 Å². The van der Waals surface area contributed by atoms with Gasteiger partial charge in [0.1, 0.15) is 13.2 Å². The molecule has 134 valence electrons. The van der Waals surface area contributed by atoms with Gasteiger partial charge in [0, 0.05) is 32.2 Å². The Morgan fingerprint density at radius 2 is 1.88 bits per heavy atom. The summed E-state index contributed by atoms with van der Waals surface area (Å²) < 4.78 is 12.8. The molecule has 0 aliphatic carbocycles. The zero-order valence-corrected chi connectivity index (χ0v) is 14.7. The molecule has 1 N–H and O–H groups in total. The lowest BCUT2D eigenvalue weighted by Gasteiger charge is -2.26. The van der Waals surface area contributed by atoms with Gasteiger partial charge in [-0.25, -0.2) is 4.68 Å². The van der Waals surface area contributed by atoms with Gasteiger partial charge < -0.3 is 19.7 Å². The van der Waals surface area contributed by atoms with Crippen molar-refractivity contribution in [2.24, 2.45) is 0 Å². The number of carbonyl (C=O) groups excluding carboxylic acids is 1. The first-order valence-corrected chi connectivity index (χ1v) is 8.06. The lowest BCUT2D eigenvalue weighted by Crippen LogP contribution is -2.46. The molecule has 1 fully saturated rings. The second-order valence-electron chi connectivity index (χ2n) is 5.81. The van der Waals surface area contributed by atoms with E-state index in [1.807, 2.05) is 30.0 Å². The summed E-state index contributed by atoms with van der Waals surface area (Å²) in [6, 6.07) is 5.59. The van der Waals surface area contributed by atoms with Gasteiger partial charge in [-0.05, 0) is 19.1 Å². The maximum atomic E-state index is 12.6. The van der Waals surface area contributed by atoms with E-state index in [0.717, 1.165) is 30.2 Å². The van der Waals surface area contributed by atoms with Crippen molar-refractivity contribution in [1.29, 1.82) is 0 Å². The molecule has 2 aliphatic heterocycles. The summed E-state index contributed by atoms with van der Waals surface area (Å²) in [5.74, 6) is 1.33. The van der Waals surface area contributed by atoms with Gasteiger partial charge in [-0.15, -0.1) is 17.5 Å². The van der Waals surface area contributed by atoms with Crippen LogP contribution in [0.5, 0.6) is 11.5 Å². The van der Waals surface area contributed by atoms with E-state index in [1.165, 1.54) is 0 Å². The topological polar surface area (TPSA) is 81.5 Å². The van der Waals surface area contributed by atoms with Gasteiger partial charge in [0.25, 0.3) is 5.91 Å². The van der Waals surface area contributed by atoms with Crippen LogP contribution in [0, 0.1) is 6.92 Å². The smallest absolute Gasteiger partial charge is 0.276 e. The Bertz CT molecular complexity index is 773. The third-order valence-electron chi connectivity index (χ3n) is 4.27. The van der Waals surface area contributed by atoms with Crippen molar-refractivity contribution in [3.05, 3.63) is 29.6 Å². The average Bonchev–Trinajstić information content (AvgIpc) is 3.03. The molecule has 0 radical (unpaired) electrons. The van der Waals surface area contributed by atoms with E-state index in [9.17, 15) is 4.79 Å². The molecular weight excluding hydrogens is 346 g/mol. The van der Waals surface area contributed by atoms with Crippen molar-refractivity contribution < 1.29 is 14.3 Å². The number of hydrogen-bond acceptors (Lipinski definition) is 6. The Morgan fingerprint density at radius 1 is 1.16 bits per heavy atom. The van der Waals surface area contributed by atoms with E-state index in [2.05, 4.69) is 15.6 Å². The van der Waals surface area contributed by atoms with Crippen molar-refractivity contribution in [2.45, 2.75) is 6.92 Å². The first-order chi connectivity index (χ1) is 11.7. The maximum absolute atomic E-state index is 12.6. The quantitative estimate of drug-likeness (QED) is 0.848. The molecule has 0 spiro atoms. The standard InChI is InChI=1S/C16H19N5O3.ClH/c1-11-15(16(22)20-6-4-17-5-7-20)18-19-21(11)12-2-3-13-14(10-12)24-9-8-23-13;/h2-3,10,17H,4-9H2,1H3;1H. The summed E-state index contributed by atoms with van der Waals surface area (Å²) in [5.41, 5.74) is 1.91. The highest BCUT2D eigenvalue weighted by Crippen LogP contribution is 2.32. The Kier molecular flexibility index (Phi) is 5.10. The largest absolute Gasteiger partial charge is 0.486 e. The highest BCUT2D eigenvalue weighted by Gasteiger charge is 2.24. The average molecular weight is 366 g/mol. The monoisotopic (exact) mass is 365 g/mol. The molecule has 1 aromatic carbocycles. The third-order valence-corrected chi connectivity index (χ3v) is 4.27. The first-order valence-electron chi connectivity index (χ1n) is 8.06. The Balaban J connectivity index is 0.00000182. The van der Waals surface area contributed by atoms with Gasteiger partial charge >= 0.3 is 0 Å². The lowest BCUT2D eigenvalue weighted by atomic mass is 10.2. The minimum atomic E-state index is -0.0715. The summed E-state index contributed by atoms with van der Waals surface area (Å²) in [4.78, 5) is 14.4.